The van der Waals surface area contributed by atoms with Gasteiger partial charge in [-0.25, -0.2) is 9.78 Å². The zero-order chi connectivity index (χ0) is 16.1. The third kappa shape index (κ3) is 4.43. The number of urea groups is 1. The van der Waals surface area contributed by atoms with Crippen LogP contribution in [0.3, 0.4) is 0 Å². The Hall–Kier alpha value is -1.63. The van der Waals surface area contributed by atoms with Gasteiger partial charge in [-0.1, -0.05) is 12.2 Å². The van der Waals surface area contributed by atoms with Crippen LogP contribution in [-0.4, -0.2) is 53.0 Å². The maximum Gasteiger partial charge on any atom is 0.317 e. The molecule has 1 aliphatic carbocycles. The van der Waals surface area contributed by atoms with E-state index < -0.39 is 0 Å². The number of anilines is 1. The molecule has 126 valence electrons. The lowest BCUT2D eigenvalue weighted by Gasteiger charge is -2.24. The van der Waals surface area contributed by atoms with Crippen molar-refractivity contribution in [1.82, 2.24) is 19.6 Å². The lowest BCUT2D eigenvalue weighted by atomic mass is 9.94. The summed E-state index contributed by atoms with van der Waals surface area (Å²) in [4.78, 5) is 21.0. The van der Waals surface area contributed by atoms with E-state index in [4.69, 9.17) is 0 Å². The van der Waals surface area contributed by atoms with Crippen LogP contribution in [0.2, 0.25) is 0 Å². The Morgan fingerprint density at radius 2 is 2.26 bits per heavy atom. The zero-order valence-electron chi connectivity index (χ0n) is 13.7. The summed E-state index contributed by atoms with van der Waals surface area (Å²) < 4.78 is 4.25. The van der Waals surface area contributed by atoms with Crippen LogP contribution in [0.1, 0.15) is 31.5 Å². The van der Waals surface area contributed by atoms with E-state index in [1.165, 1.54) is 18.0 Å². The van der Waals surface area contributed by atoms with E-state index in [2.05, 4.69) is 31.7 Å². The molecule has 23 heavy (non-hydrogen) atoms. The van der Waals surface area contributed by atoms with Crippen molar-refractivity contribution in [3.63, 3.8) is 0 Å². The molecule has 2 heterocycles. The van der Waals surface area contributed by atoms with E-state index in [9.17, 15) is 4.79 Å². The van der Waals surface area contributed by atoms with Crippen LogP contribution in [0, 0.1) is 12.8 Å². The van der Waals surface area contributed by atoms with Gasteiger partial charge < -0.3 is 15.1 Å². The fraction of sp³-hybridized carbons (Fsp3) is 0.688. The first-order chi connectivity index (χ1) is 11.2. The molecule has 1 fully saturated rings. The summed E-state index contributed by atoms with van der Waals surface area (Å²) in [5.74, 6) is 1.42. The van der Waals surface area contributed by atoms with Crippen LogP contribution < -0.4 is 10.2 Å². The Balaban J connectivity index is 1.47. The monoisotopic (exact) mass is 335 g/mol. The zero-order valence-corrected chi connectivity index (χ0v) is 14.5. The summed E-state index contributed by atoms with van der Waals surface area (Å²) in [6, 6.07) is 0.0786. The molecule has 1 aliphatic heterocycles. The van der Waals surface area contributed by atoms with Gasteiger partial charge in [-0.05, 0) is 38.5 Å². The molecule has 0 saturated carbocycles. The smallest absolute Gasteiger partial charge is 0.317 e. The molecule has 3 rings (SSSR count). The first-order valence-electron chi connectivity index (χ1n) is 8.45. The van der Waals surface area contributed by atoms with Crippen LogP contribution in [-0.2, 0) is 0 Å². The average Bonchev–Trinajstić information content (AvgIpc) is 2.86. The number of aromatic nitrogens is 2. The Bertz CT molecular complexity index is 558. The molecule has 1 aromatic heterocycles. The van der Waals surface area contributed by atoms with E-state index in [0.717, 1.165) is 62.9 Å². The normalized spacial score (nSPS) is 22.0. The van der Waals surface area contributed by atoms with Crippen LogP contribution in [0.25, 0.3) is 0 Å². The molecule has 0 spiro atoms. The number of rotatable bonds is 3. The number of carbonyl (C=O) groups excluding carboxylic acids is 1. The molecule has 2 aliphatic rings. The number of amides is 2. The van der Waals surface area contributed by atoms with Gasteiger partial charge in [0, 0.05) is 44.3 Å². The van der Waals surface area contributed by atoms with Gasteiger partial charge in [0.05, 0.1) is 0 Å². The van der Waals surface area contributed by atoms with Crippen molar-refractivity contribution in [2.24, 2.45) is 5.92 Å². The van der Waals surface area contributed by atoms with Gasteiger partial charge in [-0.2, -0.15) is 4.37 Å². The molecule has 0 radical (unpaired) electrons. The van der Waals surface area contributed by atoms with Crippen molar-refractivity contribution < 1.29 is 4.79 Å². The molecule has 1 saturated heterocycles. The van der Waals surface area contributed by atoms with Gasteiger partial charge in [0.15, 0.2) is 0 Å². The second-order valence-corrected chi connectivity index (χ2v) is 7.02. The fourth-order valence-electron chi connectivity index (χ4n) is 3.11. The molecule has 6 nitrogen and oxygen atoms in total. The maximum atomic E-state index is 12.4. The predicted octanol–water partition coefficient (Wildman–Crippen LogP) is 2.42. The van der Waals surface area contributed by atoms with Gasteiger partial charge in [0.25, 0.3) is 0 Å². The van der Waals surface area contributed by atoms with E-state index >= 15 is 0 Å². The minimum atomic E-state index is 0.0786. The van der Waals surface area contributed by atoms with Crippen molar-refractivity contribution in [1.29, 1.82) is 0 Å². The molecule has 1 unspecified atom stereocenters. The van der Waals surface area contributed by atoms with E-state index in [0.29, 0.717) is 5.92 Å². The van der Waals surface area contributed by atoms with Crippen molar-refractivity contribution in [2.45, 2.75) is 32.6 Å². The van der Waals surface area contributed by atoms with Crippen molar-refractivity contribution in [3.05, 3.63) is 18.0 Å². The number of allylic oxidation sites excluding steroid dienone is 2. The molecule has 1 aromatic rings. The van der Waals surface area contributed by atoms with Gasteiger partial charge in [0.2, 0.25) is 5.13 Å². The quantitative estimate of drug-likeness (QED) is 0.862. The summed E-state index contributed by atoms with van der Waals surface area (Å²) in [6.07, 6.45) is 8.84. The highest BCUT2D eigenvalue weighted by atomic mass is 32.1. The highest BCUT2D eigenvalue weighted by molar-refractivity contribution is 7.09. The third-order valence-electron chi connectivity index (χ3n) is 4.49. The Labute approximate surface area is 141 Å². The number of hydrogen-bond acceptors (Lipinski definition) is 5. The van der Waals surface area contributed by atoms with E-state index in [-0.39, 0.29) is 6.03 Å². The number of aryl methyl sites for hydroxylation is 1. The number of hydrogen-bond donors (Lipinski definition) is 1. The Morgan fingerprint density at radius 1 is 1.35 bits per heavy atom. The molecular formula is C16H25N5OS. The lowest BCUT2D eigenvalue weighted by Crippen LogP contribution is -2.43. The summed E-state index contributed by atoms with van der Waals surface area (Å²) in [5, 5.41) is 4.09. The van der Waals surface area contributed by atoms with Crippen molar-refractivity contribution >= 4 is 22.7 Å². The standard InChI is InChI=1S/C16H25N5OS/c1-13-18-16(23-19-13)21-9-5-8-20(10-11-21)15(22)17-12-14-6-3-2-4-7-14/h2-3,14H,4-12H2,1H3,(H,17,22). The third-order valence-corrected chi connectivity index (χ3v) is 5.36. The van der Waals surface area contributed by atoms with Gasteiger partial charge in [0.1, 0.15) is 5.82 Å². The highest BCUT2D eigenvalue weighted by Crippen LogP contribution is 2.19. The Kier molecular flexibility index (Phi) is 5.48. The van der Waals surface area contributed by atoms with Crippen LogP contribution in [0.5, 0.6) is 0 Å². The average molecular weight is 335 g/mol. The summed E-state index contributed by atoms with van der Waals surface area (Å²) in [5.41, 5.74) is 0. The predicted molar refractivity (Wildman–Crippen MR) is 92.9 cm³/mol. The van der Waals surface area contributed by atoms with E-state index in [1.807, 2.05) is 11.8 Å². The van der Waals surface area contributed by atoms with Crippen LogP contribution >= 0.6 is 11.5 Å². The second kappa shape index (κ2) is 7.77. The minimum absolute atomic E-state index is 0.0786. The number of nitrogens with one attached hydrogen (secondary N) is 1. The summed E-state index contributed by atoms with van der Waals surface area (Å²) >= 11 is 1.44. The second-order valence-electron chi connectivity index (χ2n) is 6.29. The SMILES string of the molecule is Cc1nsc(N2CCCN(C(=O)NCC3CC=CCC3)CC2)n1. The number of nitrogens with zero attached hydrogens (tertiary/aromatic N) is 4. The topological polar surface area (TPSA) is 61.4 Å². The summed E-state index contributed by atoms with van der Waals surface area (Å²) in [6.45, 7) is 6.02. The highest BCUT2D eigenvalue weighted by Gasteiger charge is 2.21. The fourth-order valence-corrected chi connectivity index (χ4v) is 3.84. The number of carbonyl (C=O) groups is 1. The minimum Gasteiger partial charge on any atom is -0.345 e. The van der Waals surface area contributed by atoms with Gasteiger partial charge in [-0.15, -0.1) is 0 Å². The van der Waals surface area contributed by atoms with Gasteiger partial charge in [-0.3, -0.25) is 0 Å². The maximum absolute atomic E-state index is 12.4. The van der Waals surface area contributed by atoms with E-state index in [1.54, 1.807) is 0 Å². The lowest BCUT2D eigenvalue weighted by molar-refractivity contribution is 0.199. The van der Waals surface area contributed by atoms with Crippen molar-refractivity contribution in [2.75, 3.05) is 37.6 Å². The molecule has 2 amide bonds. The van der Waals surface area contributed by atoms with Crippen LogP contribution in [0.15, 0.2) is 12.2 Å². The van der Waals surface area contributed by atoms with Gasteiger partial charge >= 0.3 is 6.03 Å². The first-order valence-corrected chi connectivity index (χ1v) is 9.23. The van der Waals surface area contributed by atoms with Crippen LogP contribution in [0.4, 0.5) is 9.93 Å². The molecular weight excluding hydrogens is 310 g/mol. The molecule has 0 bridgehead atoms. The Morgan fingerprint density at radius 3 is 3.00 bits per heavy atom. The van der Waals surface area contributed by atoms with Crippen molar-refractivity contribution in [3.8, 4) is 0 Å². The largest absolute Gasteiger partial charge is 0.345 e. The summed E-state index contributed by atoms with van der Waals surface area (Å²) in [7, 11) is 0. The molecule has 7 heteroatoms. The molecule has 1 atom stereocenters. The first kappa shape index (κ1) is 16.2. The molecule has 0 aromatic carbocycles. The molecule has 1 N–H and O–H groups in total.